The predicted molar refractivity (Wildman–Crippen MR) is 92.1 cm³/mol. The summed E-state index contributed by atoms with van der Waals surface area (Å²) < 4.78 is 11.9. The summed E-state index contributed by atoms with van der Waals surface area (Å²) in [6, 6.07) is 16.4. The summed E-state index contributed by atoms with van der Waals surface area (Å²) in [6.07, 6.45) is 1.50. The molecule has 0 aliphatic rings. The van der Waals surface area contributed by atoms with Crippen LogP contribution in [0.4, 0.5) is 5.69 Å². The minimum Gasteiger partial charge on any atom is -0.469 e. The van der Waals surface area contributed by atoms with Crippen molar-refractivity contribution in [2.75, 3.05) is 5.32 Å². The van der Waals surface area contributed by atoms with Gasteiger partial charge in [-0.2, -0.15) is 0 Å². The number of aryl methyl sites for hydroxylation is 1. The van der Waals surface area contributed by atoms with E-state index in [4.69, 9.17) is 9.15 Å². The highest BCUT2D eigenvalue weighted by molar-refractivity contribution is 9.10. The standard InChI is InChI=1S/C18H14BrNO3/c1-12-17(10-11-22-12)18(21)20-14-4-8-16(9-5-14)23-15-6-2-13(19)3-7-15/h2-11H,1H3,(H,20,21). The molecule has 0 fully saturated rings. The fraction of sp³-hybridized carbons (Fsp3) is 0.0556. The highest BCUT2D eigenvalue weighted by atomic mass is 79.9. The van der Waals surface area contributed by atoms with Gasteiger partial charge in [0.15, 0.2) is 0 Å². The summed E-state index contributed by atoms with van der Waals surface area (Å²) in [5, 5.41) is 2.82. The molecule has 0 saturated carbocycles. The van der Waals surface area contributed by atoms with Gasteiger partial charge in [-0.05, 0) is 61.5 Å². The van der Waals surface area contributed by atoms with Gasteiger partial charge in [0.25, 0.3) is 5.91 Å². The summed E-state index contributed by atoms with van der Waals surface area (Å²) in [7, 11) is 0. The summed E-state index contributed by atoms with van der Waals surface area (Å²) in [6.45, 7) is 1.75. The molecule has 4 nitrogen and oxygen atoms in total. The van der Waals surface area contributed by atoms with Crippen LogP contribution in [0.25, 0.3) is 0 Å². The van der Waals surface area contributed by atoms with E-state index in [1.54, 1.807) is 37.3 Å². The molecule has 0 saturated heterocycles. The van der Waals surface area contributed by atoms with E-state index in [1.807, 2.05) is 24.3 Å². The Balaban J connectivity index is 1.66. The van der Waals surface area contributed by atoms with Crippen molar-refractivity contribution < 1.29 is 13.9 Å². The molecule has 0 atom stereocenters. The summed E-state index contributed by atoms with van der Waals surface area (Å²) in [5.41, 5.74) is 1.22. The molecule has 5 heteroatoms. The normalized spacial score (nSPS) is 10.3. The third-order valence-corrected chi connectivity index (χ3v) is 3.79. The first-order chi connectivity index (χ1) is 11.1. The molecule has 116 valence electrons. The molecule has 0 unspecified atom stereocenters. The Morgan fingerprint density at radius 3 is 2.17 bits per heavy atom. The second kappa shape index (κ2) is 6.71. The van der Waals surface area contributed by atoms with E-state index >= 15 is 0 Å². The zero-order chi connectivity index (χ0) is 16.2. The number of halogens is 1. The van der Waals surface area contributed by atoms with E-state index in [0.717, 1.165) is 10.2 Å². The van der Waals surface area contributed by atoms with Gasteiger partial charge in [0.1, 0.15) is 17.3 Å². The van der Waals surface area contributed by atoms with Crippen molar-refractivity contribution in [2.24, 2.45) is 0 Å². The van der Waals surface area contributed by atoms with Crippen LogP contribution in [0.3, 0.4) is 0 Å². The first-order valence-electron chi connectivity index (χ1n) is 7.01. The molecule has 3 rings (SSSR count). The number of carbonyl (C=O) groups is 1. The lowest BCUT2D eigenvalue weighted by atomic mass is 10.2. The van der Waals surface area contributed by atoms with Crippen LogP contribution in [0.15, 0.2) is 69.8 Å². The maximum Gasteiger partial charge on any atom is 0.259 e. The molecule has 0 aliphatic carbocycles. The maximum absolute atomic E-state index is 12.1. The molecule has 0 spiro atoms. The molecule has 3 aromatic rings. The van der Waals surface area contributed by atoms with E-state index < -0.39 is 0 Å². The Morgan fingerprint density at radius 2 is 1.61 bits per heavy atom. The number of rotatable bonds is 4. The lowest BCUT2D eigenvalue weighted by Gasteiger charge is -2.08. The highest BCUT2D eigenvalue weighted by Gasteiger charge is 2.11. The maximum atomic E-state index is 12.1. The topological polar surface area (TPSA) is 51.5 Å². The van der Waals surface area contributed by atoms with Gasteiger partial charge in [0.05, 0.1) is 11.8 Å². The van der Waals surface area contributed by atoms with Crippen molar-refractivity contribution >= 4 is 27.5 Å². The van der Waals surface area contributed by atoms with Gasteiger partial charge in [0.2, 0.25) is 0 Å². The van der Waals surface area contributed by atoms with E-state index in [9.17, 15) is 4.79 Å². The Hall–Kier alpha value is -2.53. The van der Waals surface area contributed by atoms with Crippen molar-refractivity contribution in [1.29, 1.82) is 0 Å². The Kier molecular flexibility index (Phi) is 4.48. The number of hydrogen-bond acceptors (Lipinski definition) is 3. The van der Waals surface area contributed by atoms with Crippen LogP contribution in [0.5, 0.6) is 11.5 Å². The molecule has 1 amide bonds. The zero-order valence-corrected chi connectivity index (χ0v) is 14.0. The van der Waals surface area contributed by atoms with Gasteiger partial charge >= 0.3 is 0 Å². The van der Waals surface area contributed by atoms with E-state index in [-0.39, 0.29) is 5.91 Å². The number of furan rings is 1. The molecular formula is C18H14BrNO3. The average Bonchev–Trinajstić information content (AvgIpc) is 2.98. The largest absolute Gasteiger partial charge is 0.469 e. The summed E-state index contributed by atoms with van der Waals surface area (Å²) in [4.78, 5) is 12.1. The molecule has 0 aliphatic heterocycles. The number of hydrogen-bond donors (Lipinski definition) is 1. The van der Waals surface area contributed by atoms with Crippen LogP contribution in [-0.4, -0.2) is 5.91 Å². The van der Waals surface area contributed by atoms with Crippen LogP contribution in [0, 0.1) is 6.92 Å². The fourth-order valence-electron chi connectivity index (χ4n) is 2.06. The number of amides is 1. The lowest BCUT2D eigenvalue weighted by Crippen LogP contribution is -2.11. The number of nitrogens with one attached hydrogen (secondary N) is 1. The highest BCUT2D eigenvalue weighted by Crippen LogP contribution is 2.24. The zero-order valence-electron chi connectivity index (χ0n) is 12.4. The first kappa shape index (κ1) is 15.4. The molecule has 1 aromatic heterocycles. The summed E-state index contributed by atoms with van der Waals surface area (Å²) in [5.74, 6) is 1.85. The first-order valence-corrected chi connectivity index (χ1v) is 7.80. The lowest BCUT2D eigenvalue weighted by molar-refractivity contribution is 0.102. The van der Waals surface area contributed by atoms with Gasteiger partial charge in [-0.3, -0.25) is 4.79 Å². The predicted octanol–water partition coefficient (Wildman–Crippen LogP) is 5.40. The molecule has 1 N–H and O–H groups in total. The van der Waals surface area contributed by atoms with Crippen molar-refractivity contribution in [3.8, 4) is 11.5 Å². The Bertz CT molecular complexity index is 807. The number of anilines is 1. The van der Waals surface area contributed by atoms with Gasteiger partial charge in [-0.25, -0.2) is 0 Å². The minimum atomic E-state index is -0.196. The average molecular weight is 372 g/mol. The summed E-state index contributed by atoms with van der Waals surface area (Å²) >= 11 is 3.38. The molecular weight excluding hydrogens is 358 g/mol. The van der Waals surface area contributed by atoms with Crippen molar-refractivity contribution in [3.63, 3.8) is 0 Å². The Morgan fingerprint density at radius 1 is 1.00 bits per heavy atom. The van der Waals surface area contributed by atoms with E-state index in [1.165, 1.54) is 6.26 Å². The van der Waals surface area contributed by atoms with Gasteiger partial charge in [-0.1, -0.05) is 15.9 Å². The van der Waals surface area contributed by atoms with Crippen molar-refractivity contribution in [3.05, 3.63) is 76.7 Å². The molecule has 0 bridgehead atoms. The van der Waals surface area contributed by atoms with Gasteiger partial charge in [-0.15, -0.1) is 0 Å². The molecule has 2 aromatic carbocycles. The number of benzene rings is 2. The number of carbonyl (C=O) groups excluding carboxylic acids is 1. The quantitative estimate of drug-likeness (QED) is 0.668. The van der Waals surface area contributed by atoms with Gasteiger partial charge < -0.3 is 14.5 Å². The van der Waals surface area contributed by atoms with E-state index in [0.29, 0.717) is 22.8 Å². The van der Waals surface area contributed by atoms with Crippen LogP contribution in [0.1, 0.15) is 16.1 Å². The second-order valence-corrected chi connectivity index (χ2v) is 5.84. The van der Waals surface area contributed by atoms with E-state index in [2.05, 4.69) is 21.2 Å². The van der Waals surface area contributed by atoms with Crippen LogP contribution in [0.2, 0.25) is 0 Å². The second-order valence-electron chi connectivity index (χ2n) is 4.92. The molecule has 1 heterocycles. The minimum absolute atomic E-state index is 0.196. The van der Waals surface area contributed by atoms with Crippen molar-refractivity contribution in [2.45, 2.75) is 6.92 Å². The number of ether oxygens (including phenoxy) is 1. The fourth-order valence-corrected chi connectivity index (χ4v) is 2.33. The van der Waals surface area contributed by atoms with Crippen LogP contribution < -0.4 is 10.1 Å². The smallest absolute Gasteiger partial charge is 0.259 e. The van der Waals surface area contributed by atoms with Crippen LogP contribution >= 0.6 is 15.9 Å². The van der Waals surface area contributed by atoms with Crippen molar-refractivity contribution in [1.82, 2.24) is 0 Å². The van der Waals surface area contributed by atoms with Gasteiger partial charge in [0, 0.05) is 10.2 Å². The third-order valence-electron chi connectivity index (χ3n) is 3.26. The monoisotopic (exact) mass is 371 g/mol. The SMILES string of the molecule is Cc1occc1C(=O)Nc1ccc(Oc2ccc(Br)cc2)cc1. The van der Waals surface area contributed by atoms with Crippen LogP contribution in [-0.2, 0) is 0 Å². The molecule has 23 heavy (non-hydrogen) atoms. The third kappa shape index (κ3) is 3.81. The Labute approximate surface area is 142 Å². The molecule has 0 radical (unpaired) electrons.